The summed E-state index contributed by atoms with van der Waals surface area (Å²) in [6.07, 6.45) is 0. The third-order valence-corrected chi connectivity index (χ3v) is 2.09. The second-order valence-corrected chi connectivity index (χ2v) is 3.89. The Morgan fingerprint density at radius 2 is 1.71 bits per heavy atom. The summed E-state index contributed by atoms with van der Waals surface area (Å²) in [5, 5.41) is 17.7. The molecule has 17 heavy (non-hydrogen) atoms. The minimum atomic E-state index is -1.16. The first kappa shape index (κ1) is 13.6. The summed E-state index contributed by atoms with van der Waals surface area (Å²) in [6, 6.07) is 1.37. The predicted molar refractivity (Wildman–Crippen MR) is 64.0 cm³/mol. The molecule has 0 amide bonds. The number of thiol groups is 2. The molecule has 1 aromatic heterocycles. The lowest BCUT2D eigenvalue weighted by molar-refractivity contribution is -0.136. The Morgan fingerprint density at radius 3 is 2.12 bits per heavy atom. The van der Waals surface area contributed by atoms with Crippen LogP contribution in [0, 0.1) is 0 Å². The summed E-state index contributed by atoms with van der Waals surface area (Å²) in [5.74, 6) is -2.17. The number of carboxylic acid groups (broad SMARTS) is 2. The highest BCUT2D eigenvalue weighted by molar-refractivity contribution is 7.80. The highest BCUT2D eigenvalue weighted by atomic mass is 32.1. The molecule has 0 spiro atoms. The zero-order valence-corrected chi connectivity index (χ0v) is 10.2. The molecule has 0 fully saturated rings. The summed E-state index contributed by atoms with van der Waals surface area (Å²) in [4.78, 5) is 29.9. The Kier molecular flexibility index (Phi) is 4.58. The van der Waals surface area contributed by atoms with Gasteiger partial charge in [-0.25, -0.2) is 9.97 Å². The minimum Gasteiger partial charge on any atom is -0.480 e. The summed E-state index contributed by atoms with van der Waals surface area (Å²) in [6.45, 7) is -0.965. The molecule has 7 nitrogen and oxygen atoms in total. The van der Waals surface area contributed by atoms with Crippen LogP contribution in [0.2, 0.25) is 0 Å². The van der Waals surface area contributed by atoms with Crippen LogP contribution >= 0.6 is 25.3 Å². The monoisotopic (exact) mass is 275 g/mol. The van der Waals surface area contributed by atoms with E-state index in [0.717, 1.165) is 4.90 Å². The van der Waals surface area contributed by atoms with Crippen molar-refractivity contribution < 1.29 is 19.8 Å². The fraction of sp³-hybridized carbons (Fsp3) is 0.250. The van der Waals surface area contributed by atoms with Crippen molar-refractivity contribution in [3.05, 3.63) is 6.07 Å². The maximum Gasteiger partial charge on any atom is 0.323 e. The summed E-state index contributed by atoms with van der Waals surface area (Å²) >= 11 is 7.89. The zero-order valence-electron chi connectivity index (χ0n) is 8.44. The van der Waals surface area contributed by atoms with Crippen molar-refractivity contribution in [3.63, 3.8) is 0 Å². The SMILES string of the molecule is O=C(O)CN(CC(=O)O)c1cc(S)nc(S)n1. The van der Waals surface area contributed by atoms with Crippen molar-refractivity contribution in [1.29, 1.82) is 0 Å². The molecule has 1 heterocycles. The summed E-state index contributed by atoms with van der Waals surface area (Å²) < 4.78 is 0. The van der Waals surface area contributed by atoms with E-state index in [0.29, 0.717) is 0 Å². The molecule has 0 aliphatic carbocycles. The molecule has 0 unspecified atom stereocenters. The minimum absolute atomic E-state index is 0.0910. The van der Waals surface area contributed by atoms with E-state index in [4.69, 9.17) is 10.2 Å². The van der Waals surface area contributed by atoms with Gasteiger partial charge < -0.3 is 15.1 Å². The van der Waals surface area contributed by atoms with E-state index in [1.165, 1.54) is 6.07 Å². The van der Waals surface area contributed by atoms with Crippen LogP contribution in [0.25, 0.3) is 0 Å². The number of nitrogens with zero attached hydrogens (tertiary/aromatic N) is 3. The number of hydrogen-bond acceptors (Lipinski definition) is 7. The van der Waals surface area contributed by atoms with Gasteiger partial charge in [0.2, 0.25) is 0 Å². The Hall–Kier alpha value is -1.48. The van der Waals surface area contributed by atoms with Gasteiger partial charge in [0, 0.05) is 6.07 Å². The molecule has 92 valence electrons. The molecule has 1 aromatic rings. The third-order valence-electron chi connectivity index (χ3n) is 1.66. The van der Waals surface area contributed by atoms with E-state index in [1.54, 1.807) is 0 Å². The van der Waals surface area contributed by atoms with E-state index in [2.05, 4.69) is 35.2 Å². The standard InChI is InChI=1S/C8H9N3O4S2/c12-6(13)2-11(3-7(14)15)4-1-5(16)10-8(17)9-4/h1H,2-3H2,(H,12,13)(H,14,15)(H2,9,10,16,17). The topological polar surface area (TPSA) is 104 Å². The molecule has 0 aliphatic rings. The summed E-state index contributed by atoms with van der Waals surface area (Å²) in [7, 11) is 0. The molecule has 0 saturated heterocycles. The smallest absolute Gasteiger partial charge is 0.323 e. The fourth-order valence-electron chi connectivity index (χ4n) is 1.12. The van der Waals surface area contributed by atoms with Crippen LogP contribution in [0.15, 0.2) is 16.2 Å². The van der Waals surface area contributed by atoms with Gasteiger partial charge in [-0.3, -0.25) is 9.59 Å². The first-order valence-corrected chi connectivity index (χ1v) is 5.23. The van der Waals surface area contributed by atoms with Crippen LogP contribution in [-0.2, 0) is 9.59 Å². The molecule has 2 N–H and O–H groups in total. The lowest BCUT2D eigenvalue weighted by atomic mass is 10.4. The Balaban J connectivity index is 3.02. The molecule has 0 radical (unpaired) electrons. The molecular weight excluding hydrogens is 266 g/mol. The predicted octanol–water partition coefficient (Wildman–Crippen LogP) is 0.0296. The Morgan fingerprint density at radius 1 is 1.18 bits per heavy atom. The highest BCUT2D eigenvalue weighted by Crippen LogP contribution is 2.16. The molecule has 1 rings (SSSR count). The number of carbonyl (C=O) groups is 2. The van der Waals surface area contributed by atoms with Crippen LogP contribution in [0.3, 0.4) is 0 Å². The van der Waals surface area contributed by atoms with Gasteiger partial charge in [0.1, 0.15) is 18.9 Å². The number of aliphatic carboxylic acids is 2. The second kappa shape index (κ2) is 5.73. The van der Waals surface area contributed by atoms with Gasteiger partial charge in [-0.15, -0.1) is 25.3 Å². The Bertz CT molecular complexity index is 418. The van der Waals surface area contributed by atoms with E-state index >= 15 is 0 Å². The molecule has 0 atom stereocenters. The van der Waals surface area contributed by atoms with Crippen LogP contribution in [0.4, 0.5) is 5.82 Å². The number of anilines is 1. The van der Waals surface area contributed by atoms with Gasteiger partial charge in [0.25, 0.3) is 0 Å². The van der Waals surface area contributed by atoms with Gasteiger partial charge in [-0.05, 0) is 0 Å². The van der Waals surface area contributed by atoms with Crippen LogP contribution < -0.4 is 4.90 Å². The molecule has 0 saturated carbocycles. The van der Waals surface area contributed by atoms with E-state index < -0.39 is 25.0 Å². The number of hydrogen-bond donors (Lipinski definition) is 4. The molecule has 9 heteroatoms. The average Bonchev–Trinajstić information content (AvgIpc) is 2.13. The van der Waals surface area contributed by atoms with Gasteiger partial charge in [-0.2, -0.15) is 0 Å². The van der Waals surface area contributed by atoms with Crippen molar-refractivity contribution in [3.8, 4) is 0 Å². The third kappa shape index (κ3) is 4.49. The van der Waals surface area contributed by atoms with Crippen LogP contribution in [0.1, 0.15) is 0 Å². The van der Waals surface area contributed by atoms with E-state index in [-0.39, 0.29) is 16.0 Å². The van der Waals surface area contributed by atoms with Crippen LogP contribution in [0.5, 0.6) is 0 Å². The van der Waals surface area contributed by atoms with Crippen molar-refractivity contribution in [2.75, 3.05) is 18.0 Å². The van der Waals surface area contributed by atoms with Gasteiger partial charge in [0.15, 0.2) is 5.16 Å². The van der Waals surface area contributed by atoms with Gasteiger partial charge >= 0.3 is 11.9 Å². The number of rotatable bonds is 5. The largest absolute Gasteiger partial charge is 0.480 e. The maximum absolute atomic E-state index is 10.6. The van der Waals surface area contributed by atoms with Crippen molar-refractivity contribution in [1.82, 2.24) is 9.97 Å². The second-order valence-electron chi connectivity index (χ2n) is 3.03. The van der Waals surface area contributed by atoms with Gasteiger partial charge in [-0.1, -0.05) is 0 Å². The van der Waals surface area contributed by atoms with E-state index in [9.17, 15) is 9.59 Å². The fourth-order valence-corrected chi connectivity index (χ4v) is 1.62. The highest BCUT2D eigenvalue weighted by Gasteiger charge is 2.16. The quantitative estimate of drug-likeness (QED) is 0.341. The summed E-state index contributed by atoms with van der Waals surface area (Å²) in [5.41, 5.74) is 0. The van der Waals surface area contributed by atoms with Gasteiger partial charge in [0.05, 0.1) is 5.03 Å². The first-order chi connectivity index (χ1) is 7.88. The first-order valence-electron chi connectivity index (χ1n) is 4.34. The number of aromatic nitrogens is 2. The number of carboxylic acids is 2. The lowest BCUT2D eigenvalue weighted by Gasteiger charge is -2.19. The lowest BCUT2D eigenvalue weighted by Crippen LogP contribution is -2.35. The Labute approximate surface area is 107 Å². The molecular formula is C8H9N3O4S2. The normalized spacial score (nSPS) is 10.0. The molecule has 0 bridgehead atoms. The van der Waals surface area contributed by atoms with Crippen molar-refractivity contribution >= 4 is 43.0 Å². The average molecular weight is 275 g/mol. The molecule has 0 aromatic carbocycles. The zero-order chi connectivity index (χ0) is 13.0. The van der Waals surface area contributed by atoms with E-state index in [1.807, 2.05) is 0 Å². The van der Waals surface area contributed by atoms with Crippen LogP contribution in [-0.4, -0.2) is 45.2 Å². The molecule has 0 aliphatic heterocycles. The van der Waals surface area contributed by atoms with Crippen molar-refractivity contribution in [2.45, 2.75) is 10.2 Å². The van der Waals surface area contributed by atoms with Crippen molar-refractivity contribution in [2.24, 2.45) is 0 Å². The maximum atomic E-state index is 10.6.